The van der Waals surface area contributed by atoms with Crippen molar-refractivity contribution in [2.45, 2.75) is 0 Å². The number of hydrogen-bond acceptors (Lipinski definition) is 4. The van der Waals surface area contributed by atoms with Gasteiger partial charge in [0.2, 0.25) is 0 Å². The van der Waals surface area contributed by atoms with Gasteiger partial charge in [-0.25, -0.2) is 4.79 Å². The fourth-order valence-corrected chi connectivity index (χ4v) is 2.59. The van der Waals surface area contributed by atoms with Gasteiger partial charge in [0.05, 0.1) is 14.2 Å². The molecule has 0 radical (unpaired) electrons. The number of para-hydroxylation sites is 1. The quantitative estimate of drug-likeness (QED) is 0.573. The van der Waals surface area contributed by atoms with E-state index in [1.54, 1.807) is 54.6 Å². The smallest absolute Gasteiger partial charge is 0.323 e. The van der Waals surface area contributed by atoms with Gasteiger partial charge in [-0.2, -0.15) is 0 Å². The molecule has 3 rings (SSSR count). The van der Waals surface area contributed by atoms with Crippen LogP contribution < -0.4 is 25.4 Å². The topological polar surface area (TPSA) is 88.7 Å². The number of methoxy groups -OCH3 is 2. The zero-order valence-corrected chi connectivity index (χ0v) is 16.1. The molecule has 0 aromatic heterocycles. The lowest BCUT2D eigenvalue weighted by Crippen LogP contribution is -2.19. The van der Waals surface area contributed by atoms with Crippen LogP contribution in [0, 0.1) is 0 Å². The van der Waals surface area contributed by atoms with Gasteiger partial charge in [0.25, 0.3) is 5.91 Å². The van der Waals surface area contributed by atoms with E-state index in [1.807, 2.05) is 18.2 Å². The minimum absolute atomic E-state index is 0.301. The monoisotopic (exact) mass is 391 g/mol. The molecule has 29 heavy (non-hydrogen) atoms. The van der Waals surface area contributed by atoms with Gasteiger partial charge >= 0.3 is 6.03 Å². The minimum Gasteiger partial charge on any atom is -0.497 e. The van der Waals surface area contributed by atoms with Crippen molar-refractivity contribution in [3.8, 4) is 11.5 Å². The van der Waals surface area contributed by atoms with Crippen LogP contribution in [0.4, 0.5) is 21.9 Å². The van der Waals surface area contributed by atoms with Crippen LogP contribution in [0.3, 0.4) is 0 Å². The molecule has 0 saturated carbocycles. The summed E-state index contributed by atoms with van der Waals surface area (Å²) in [4.78, 5) is 24.5. The summed E-state index contributed by atoms with van der Waals surface area (Å²) in [5, 5.41) is 8.28. The number of anilines is 3. The van der Waals surface area contributed by atoms with Crippen molar-refractivity contribution < 1.29 is 19.1 Å². The fourth-order valence-electron chi connectivity index (χ4n) is 2.59. The molecule has 3 aromatic rings. The standard InChI is InChI=1S/C22H21N3O4/c1-28-19-12-15(13-20(14-19)29-2)21(26)23-17-8-10-18(11-9-17)25-22(27)24-16-6-4-3-5-7-16/h3-14H,1-2H3,(H,23,26)(H2,24,25,27). The van der Waals surface area contributed by atoms with Crippen LogP contribution in [0.1, 0.15) is 10.4 Å². The van der Waals surface area contributed by atoms with Crippen LogP contribution in [-0.4, -0.2) is 26.2 Å². The van der Waals surface area contributed by atoms with E-state index in [2.05, 4.69) is 16.0 Å². The van der Waals surface area contributed by atoms with Gasteiger partial charge in [-0.05, 0) is 48.5 Å². The molecule has 0 saturated heterocycles. The van der Waals surface area contributed by atoms with Gasteiger partial charge in [-0.15, -0.1) is 0 Å². The molecule has 0 atom stereocenters. The summed E-state index contributed by atoms with van der Waals surface area (Å²) in [5.74, 6) is 0.752. The van der Waals surface area contributed by atoms with E-state index in [9.17, 15) is 9.59 Å². The number of hydrogen-bond donors (Lipinski definition) is 3. The average Bonchev–Trinajstić information content (AvgIpc) is 2.75. The number of urea groups is 1. The third-order valence-corrected chi connectivity index (χ3v) is 4.05. The summed E-state index contributed by atoms with van der Waals surface area (Å²) in [7, 11) is 3.05. The van der Waals surface area contributed by atoms with E-state index >= 15 is 0 Å². The number of nitrogens with one attached hydrogen (secondary N) is 3. The molecular formula is C22H21N3O4. The lowest BCUT2D eigenvalue weighted by molar-refractivity contribution is 0.102. The number of rotatable bonds is 6. The lowest BCUT2D eigenvalue weighted by Gasteiger charge is -2.10. The van der Waals surface area contributed by atoms with E-state index in [0.717, 1.165) is 0 Å². The number of benzene rings is 3. The molecule has 0 fully saturated rings. The van der Waals surface area contributed by atoms with Crippen molar-refractivity contribution in [3.05, 3.63) is 78.4 Å². The molecule has 0 aliphatic heterocycles. The second-order valence-electron chi connectivity index (χ2n) is 6.08. The average molecular weight is 391 g/mol. The summed E-state index contributed by atoms with van der Waals surface area (Å²) in [6.07, 6.45) is 0. The van der Waals surface area contributed by atoms with E-state index in [0.29, 0.717) is 34.1 Å². The Labute approximate surface area is 168 Å². The number of ether oxygens (including phenoxy) is 2. The highest BCUT2D eigenvalue weighted by Gasteiger charge is 2.10. The highest BCUT2D eigenvalue weighted by molar-refractivity contribution is 6.05. The first-order chi connectivity index (χ1) is 14.1. The van der Waals surface area contributed by atoms with Crippen LogP contribution in [0.2, 0.25) is 0 Å². The largest absolute Gasteiger partial charge is 0.497 e. The molecule has 3 amide bonds. The Bertz CT molecular complexity index is 966. The van der Waals surface area contributed by atoms with Gasteiger partial charge in [0.1, 0.15) is 11.5 Å². The Hall–Kier alpha value is -4.00. The summed E-state index contributed by atoms with van der Waals surface area (Å²) >= 11 is 0. The van der Waals surface area contributed by atoms with E-state index in [4.69, 9.17) is 9.47 Å². The maximum atomic E-state index is 12.5. The summed E-state index contributed by atoms with van der Waals surface area (Å²) < 4.78 is 10.4. The van der Waals surface area contributed by atoms with Crippen molar-refractivity contribution in [1.82, 2.24) is 0 Å². The van der Waals surface area contributed by atoms with Gasteiger partial charge in [0.15, 0.2) is 0 Å². The molecule has 3 aromatic carbocycles. The van der Waals surface area contributed by atoms with Crippen LogP contribution >= 0.6 is 0 Å². The number of amides is 3. The predicted molar refractivity (Wildman–Crippen MR) is 113 cm³/mol. The molecular weight excluding hydrogens is 370 g/mol. The molecule has 0 spiro atoms. The Kier molecular flexibility index (Phi) is 6.32. The molecule has 7 nitrogen and oxygen atoms in total. The first-order valence-electron chi connectivity index (χ1n) is 8.85. The molecule has 148 valence electrons. The third kappa shape index (κ3) is 5.49. The van der Waals surface area contributed by atoms with Crippen LogP contribution in [0.25, 0.3) is 0 Å². The molecule has 7 heteroatoms. The molecule has 3 N–H and O–H groups in total. The van der Waals surface area contributed by atoms with Gasteiger partial charge in [-0.3, -0.25) is 4.79 Å². The van der Waals surface area contributed by atoms with Gasteiger partial charge in [0, 0.05) is 28.7 Å². The SMILES string of the molecule is COc1cc(OC)cc(C(=O)Nc2ccc(NC(=O)Nc3ccccc3)cc2)c1. The lowest BCUT2D eigenvalue weighted by atomic mass is 10.1. The van der Waals surface area contributed by atoms with Crippen molar-refractivity contribution in [2.24, 2.45) is 0 Å². The summed E-state index contributed by atoms with van der Waals surface area (Å²) in [6.45, 7) is 0. The Morgan fingerprint density at radius 3 is 1.66 bits per heavy atom. The highest BCUT2D eigenvalue weighted by Crippen LogP contribution is 2.23. The second kappa shape index (κ2) is 9.27. The zero-order valence-electron chi connectivity index (χ0n) is 16.1. The fraction of sp³-hybridized carbons (Fsp3) is 0.0909. The second-order valence-corrected chi connectivity index (χ2v) is 6.08. The Balaban J connectivity index is 1.61. The van der Waals surface area contributed by atoms with Crippen molar-refractivity contribution in [3.63, 3.8) is 0 Å². The summed E-state index contributed by atoms with van der Waals surface area (Å²) in [6, 6.07) is 20.5. The molecule has 0 aliphatic carbocycles. The maximum Gasteiger partial charge on any atom is 0.323 e. The first-order valence-corrected chi connectivity index (χ1v) is 8.85. The zero-order chi connectivity index (χ0) is 20.6. The van der Waals surface area contributed by atoms with Crippen molar-refractivity contribution in [1.29, 1.82) is 0 Å². The number of carbonyl (C=O) groups is 2. The van der Waals surface area contributed by atoms with Crippen LogP contribution in [0.5, 0.6) is 11.5 Å². The van der Waals surface area contributed by atoms with Crippen molar-refractivity contribution in [2.75, 3.05) is 30.2 Å². The van der Waals surface area contributed by atoms with E-state index < -0.39 is 0 Å². The van der Waals surface area contributed by atoms with E-state index in [1.165, 1.54) is 14.2 Å². The maximum absolute atomic E-state index is 12.5. The van der Waals surface area contributed by atoms with E-state index in [-0.39, 0.29) is 11.9 Å². The highest BCUT2D eigenvalue weighted by atomic mass is 16.5. The summed E-state index contributed by atoms with van der Waals surface area (Å²) in [5.41, 5.74) is 2.29. The molecule has 0 aliphatic rings. The molecule has 0 heterocycles. The van der Waals surface area contributed by atoms with Gasteiger partial charge in [-0.1, -0.05) is 18.2 Å². The van der Waals surface area contributed by atoms with Crippen molar-refractivity contribution >= 4 is 29.0 Å². The van der Waals surface area contributed by atoms with Crippen LogP contribution in [-0.2, 0) is 0 Å². The molecule has 0 unspecified atom stereocenters. The number of carbonyl (C=O) groups excluding carboxylic acids is 2. The van der Waals surface area contributed by atoms with Gasteiger partial charge < -0.3 is 25.4 Å². The Morgan fingerprint density at radius 1 is 0.655 bits per heavy atom. The molecule has 0 bridgehead atoms. The normalized spacial score (nSPS) is 10.0. The first kappa shape index (κ1) is 19.8. The third-order valence-electron chi connectivity index (χ3n) is 4.05. The minimum atomic E-state index is -0.350. The predicted octanol–water partition coefficient (Wildman–Crippen LogP) is 4.60. The Morgan fingerprint density at radius 2 is 1.14 bits per heavy atom. The van der Waals surface area contributed by atoms with Crippen LogP contribution in [0.15, 0.2) is 72.8 Å².